The molecule has 4 atom stereocenters. The van der Waals surface area contributed by atoms with Crippen LogP contribution in [0.15, 0.2) is 48.5 Å². The van der Waals surface area contributed by atoms with Crippen molar-refractivity contribution in [1.29, 1.82) is 0 Å². The van der Waals surface area contributed by atoms with E-state index in [4.69, 9.17) is 4.74 Å². The van der Waals surface area contributed by atoms with Gasteiger partial charge >= 0.3 is 12.1 Å². The van der Waals surface area contributed by atoms with Crippen LogP contribution < -0.4 is 0 Å². The lowest BCUT2D eigenvalue weighted by molar-refractivity contribution is -0.142. The maximum absolute atomic E-state index is 13.0. The molecule has 2 aliphatic heterocycles. The van der Waals surface area contributed by atoms with Gasteiger partial charge in [-0.2, -0.15) is 0 Å². The minimum absolute atomic E-state index is 0.00560. The first-order valence-electron chi connectivity index (χ1n) is 9.96. The van der Waals surface area contributed by atoms with Crippen molar-refractivity contribution in [2.45, 2.75) is 50.3 Å². The maximum Gasteiger partial charge on any atom is 0.410 e. The van der Waals surface area contributed by atoms with Crippen LogP contribution in [0.3, 0.4) is 0 Å². The summed E-state index contributed by atoms with van der Waals surface area (Å²) < 4.78 is 5.93. The molecule has 3 aliphatic rings. The van der Waals surface area contributed by atoms with Crippen molar-refractivity contribution in [3.05, 3.63) is 59.7 Å². The van der Waals surface area contributed by atoms with Gasteiger partial charge < -0.3 is 14.7 Å². The highest BCUT2D eigenvalue weighted by atomic mass is 16.6. The van der Waals surface area contributed by atoms with Crippen LogP contribution in [0.25, 0.3) is 11.1 Å². The van der Waals surface area contributed by atoms with E-state index in [-0.39, 0.29) is 30.2 Å². The first-order chi connectivity index (χ1) is 13.6. The van der Waals surface area contributed by atoms with Gasteiger partial charge in [-0.15, -0.1) is 0 Å². The SMILES string of the molecule is C[C@@H](OC(=O)N1[C@@H]2CC[C@H]1[C@H](C(=O)O)C2)C1c2ccccc2-c2ccccc21. The maximum atomic E-state index is 13.0. The van der Waals surface area contributed by atoms with Crippen LogP contribution in [-0.2, 0) is 9.53 Å². The monoisotopic (exact) mass is 377 g/mol. The van der Waals surface area contributed by atoms with E-state index < -0.39 is 11.9 Å². The van der Waals surface area contributed by atoms with Gasteiger partial charge in [-0.3, -0.25) is 4.79 Å². The quantitative estimate of drug-likeness (QED) is 0.868. The molecule has 1 amide bonds. The molecule has 0 aromatic heterocycles. The predicted octanol–water partition coefficient (Wildman–Crippen LogP) is 4.26. The van der Waals surface area contributed by atoms with E-state index in [0.717, 1.165) is 12.8 Å². The first kappa shape index (κ1) is 17.3. The Bertz CT molecular complexity index is 910. The number of benzene rings is 2. The number of rotatable bonds is 3. The average molecular weight is 377 g/mol. The fourth-order valence-electron chi connectivity index (χ4n) is 5.53. The molecule has 0 radical (unpaired) electrons. The molecule has 2 saturated heterocycles. The number of carboxylic acid groups (broad SMARTS) is 1. The Labute approximate surface area is 163 Å². The number of carbonyl (C=O) groups excluding carboxylic acids is 1. The standard InChI is InChI=1S/C23H23NO4/c1-13(28-23(27)24-14-10-11-20(24)19(12-14)22(25)26)21-17-8-4-2-6-15(17)16-7-3-5-9-18(16)21/h2-9,13-14,19-21H,10-12H2,1H3,(H,25,26)/t13-,14-,19-,20+/m1/s1. The number of hydrogen-bond acceptors (Lipinski definition) is 3. The van der Waals surface area contributed by atoms with E-state index >= 15 is 0 Å². The molecule has 0 spiro atoms. The van der Waals surface area contributed by atoms with E-state index in [1.54, 1.807) is 4.90 Å². The van der Waals surface area contributed by atoms with Crippen LogP contribution in [-0.4, -0.2) is 40.3 Å². The van der Waals surface area contributed by atoms with Crippen molar-refractivity contribution in [2.75, 3.05) is 0 Å². The zero-order valence-electron chi connectivity index (χ0n) is 15.7. The summed E-state index contributed by atoms with van der Waals surface area (Å²) in [6.07, 6.45) is 1.46. The van der Waals surface area contributed by atoms with E-state index in [1.807, 2.05) is 31.2 Å². The minimum Gasteiger partial charge on any atom is -0.481 e. The summed E-state index contributed by atoms with van der Waals surface area (Å²) in [6.45, 7) is 1.94. The second kappa shape index (κ2) is 6.36. The molecule has 5 heteroatoms. The highest BCUT2D eigenvalue weighted by Crippen LogP contribution is 2.47. The Morgan fingerprint density at radius 2 is 1.64 bits per heavy atom. The van der Waals surface area contributed by atoms with Crippen molar-refractivity contribution in [1.82, 2.24) is 4.90 Å². The number of aliphatic carboxylic acids is 1. The molecule has 144 valence electrons. The molecular weight excluding hydrogens is 354 g/mol. The first-order valence-corrected chi connectivity index (χ1v) is 9.96. The lowest BCUT2D eigenvalue weighted by Gasteiger charge is -2.27. The van der Waals surface area contributed by atoms with Gasteiger partial charge in [-0.25, -0.2) is 4.79 Å². The summed E-state index contributed by atoms with van der Waals surface area (Å²) in [5.74, 6) is -1.28. The van der Waals surface area contributed by atoms with Crippen molar-refractivity contribution in [3.63, 3.8) is 0 Å². The average Bonchev–Trinajstić information content (AvgIpc) is 3.37. The molecule has 0 unspecified atom stereocenters. The molecule has 2 aromatic rings. The number of hydrogen-bond donors (Lipinski definition) is 1. The van der Waals surface area contributed by atoms with Crippen LogP contribution in [0.5, 0.6) is 0 Å². The van der Waals surface area contributed by atoms with Crippen molar-refractivity contribution < 1.29 is 19.4 Å². The van der Waals surface area contributed by atoms with Crippen molar-refractivity contribution in [3.8, 4) is 11.1 Å². The smallest absolute Gasteiger partial charge is 0.410 e. The Balaban J connectivity index is 1.40. The number of ether oxygens (including phenoxy) is 1. The van der Waals surface area contributed by atoms with Gasteiger partial charge in [0.05, 0.1) is 5.92 Å². The Morgan fingerprint density at radius 1 is 1.04 bits per heavy atom. The van der Waals surface area contributed by atoms with Gasteiger partial charge in [0.1, 0.15) is 6.10 Å². The number of carboxylic acids is 1. The Hall–Kier alpha value is -2.82. The fourth-order valence-corrected chi connectivity index (χ4v) is 5.53. The molecule has 2 bridgehead atoms. The van der Waals surface area contributed by atoms with Crippen LogP contribution in [0.1, 0.15) is 43.2 Å². The lowest BCUT2D eigenvalue weighted by atomic mass is 9.89. The number of carbonyl (C=O) groups is 2. The molecule has 28 heavy (non-hydrogen) atoms. The Morgan fingerprint density at radius 3 is 2.21 bits per heavy atom. The van der Waals surface area contributed by atoms with E-state index in [9.17, 15) is 14.7 Å². The zero-order valence-corrected chi connectivity index (χ0v) is 15.7. The van der Waals surface area contributed by atoms with Crippen molar-refractivity contribution >= 4 is 12.1 Å². The van der Waals surface area contributed by atoms with E-state index in [2.05, 4.69) is 24.3 Å². The summed E-state index contributed by atoms with van der Waals surface area (Å²) in [5, 5.41) is 9.43. The van der Waals surface area contributed by atoms with Crippen LogP contribution in [0.4, 0.5) is 4.79 Å². The normalized spacial score (nSPS) is 26.0. The molecule has 5 rings (SSSR count). The largest absolute Gasteiger partial charge is 0.481 e. The second-order valence-electron chi connectivity index (χ2n) is 8.13. The summed E-state index contributed by atoms with van der Waals surface area (Å²) in [4.78, 5) is 26.2. The molecule has 2 fully saturated rings. The third-order valence-corrected chi connectivity index (χ3v) is 6.70. The van der Waals surface area contributed by atoms with Gasteiger partial charge in [-0.1, -0.05) is 48.5 Å². The highest BCUT2D eigenvalue weighted by molar-refractivity contribution is 5.80. The predicted molar refractivity (Wildman–Crippen MR) is 104 cm³/mol. The van der Waals surface area contributed by atoms with Gasteiger partial charge in [-0.05, 0) is 48.4 Å². The van der Waals surface area contributed by atoms with Crippen LogP contribution in [0, 0.1) is 5.92 Å². The molecule has 1 aliphatic carbocycles. The summed E-state index contributed by atoms with van der Waals surface area (Å²) in [6, 6.07) is 16.3. The van der Waals surface area contributed by atoms with Gasteiger partial charge in [0, 0.05) is 18.0 Å². The lowest BCUT2D eigenvalue weighted by Crippen LogP contribution is -2.40. The molecule has 1 N–H and O–H groups in total. The number of fused-ring (bicyclic) bond motifs is 5. The molecule has 2 aromatic carbocycles. The third-order valence-electron chi connectivity index (χ3n) is 6.70. The van der Waals surface area contributed by atoms with Gasteiger partial charge in [0.15, 0.2) is 0 Å². The van der Waals surface area contributed by atoms with E-state index in [0.29, 0.717) is 6.42 Å². The minimum atomic E-state index is -0.809. The molecular formula is C23H23NO4. The number of amides is 1. The van der Waals surface area contributed by atoms with Gasteiger partial charge in [0.2, 0.25) is 0 Å². The molecule has 5 nitrogen and oxygen atoms in total. The Kier molecular flexibility index (Phi) is 3.93. The summed E-state index contributed by atoms with van der Waals surface area (Å²) in [7, 11) is 0. The molecule has 2 heterocycles. The zero-order chi connectivity index (χ0) is 19.4. The third kappa shape index (κ3) is 2.45. The van der Waals surface area contributed by atoms with Crippen LogP contribution >= 0.6 is 0 Å². The molecule has 0 saturated carbocycles. The topological polar surface area (TPSA) is 66.8 Å². The summed E-state index contributed by atoms with van der Waals surface area (Å²) >= 11 is 0. The summed E-state index contributed by atoms with van der Waals surface area (Å²) in [5.41, 5.74) is 4.74. The fraction of sp³-hybridized carbons (Fsp3) is 0.391. The van der Waals surface area contributed by atoms with Crippen molar-refractivity contribution in [2.24, 2.45) is 5.92 Å². The van der Waals surface area contributed by atoms with Crippen LogP contribution in [0.2, 0.25) is 0 Å². The van der Waals surface area contributed by atoms with Gasteiger partial charge in [0.25, 0.3) is 0 Å². The van der Waals surface area contributed by atoms with E-state index in [1.165, 1.54) is 22.3 Å². The highest BCUT2D eigenvalue weighted by Gasteiger charge is 2.52. The second-order valence-corrected chi connectivity index (χ2v) is 8.13. The number of nitrogens with zero attached hydrogens (tertiary/aromatic N) is 1.